The molecule has 2 fully saturated rings. The van der Waals surface area contributed by atoms with Gasteiger partial charge in [0, 0.05) is 6.04 Å². The van der Waals surface area contributed by atoms with E-state index in [0.29, 0.717) is 23.8 Å². The third-order valence-corrected chi connectivity index (χ3v) is 4.71. The van der Waals surface area contributed by atoms with Crippen molar-refractivity contribution >= 4 is 5.91 Å². The lowest BCUT2D eigenvalue weighted by Crippen LogP contribution is -2.34. The maximum absolute atomic E-state index is 12.8. The molecule has 1 aromatic rings. The van der Waals surface area contributed by atoms with Gasteiger partial charge >= 0.3 is 0 Å². The van der Waals surface area contributed by atoms with Crippen LogP contribution >= 0.6 is 0 Å². The average molecular weight is 286 g/mol. The van der Waals surface area contributed by atoms with E-state index < -0.39 is 0 Å². The van der Waals surface area contributed by atoms with Crippen LogP contribution in [0.15, 0.2) is 24.3 Å². The molecule has 3 rings (SSSR count). The van der Waals surface area contributed by atoms with Crippen molar-refractivity contribution in [3.8, 4) is 0 Å². The Morgan fingerprint density at radius 2 is 1.90 bits per heavy atom. The highest BCUT2D eigenvalue weighted by Crippen LogP contribution is 2.42. The van der Waals surface area contributed by atoms with Crippen LogP contribution in [0.3, 0.4) is 0 Å². The molecule has 1 aliphatic carbocycles. The SMILES string of the molecule is Cc1ccc(C2NC(CC(C)C)C(=O)N2C2CC2C)cc1. The molecule has 0 radical (unpaired) electrons. The van der Waals surface area contributed by atoms with Crippen molar-refractivity contribution in [3.05, 3.63) is 35.4 Å². The summed E-state index contributed by atoms with van der Waals surface area (Å²) < 4.78 is 0. The average Bonchev–Trinajstić information content (AvgIpc) is 3.05. The standard InChI is InChI=1S/C18H26N2O/c1-11(2)9-15-18(21)20(16-10-13(16)4)17(19-15)14-7-5-12(3)6-8-14/h5-8,11,13,15-17,19H,9-10H2,1-4H3. The molecule has 1 N–H and O–H groups in total. The van der Waals surface area contributed by atoms with E-state index in [1.54, 1.807) is 0 Å². The van der Waals surface area contributed by atoms with Crippen LogP contribution in [0.2, 0.25) is 0 Å². The Bertz CT molecular complexity index is 523. The van der Waals surface area contributed by atoms with Crippen LogP contribution in [0.25, 0.3) is 0 Å². The van der Waals surface area contributed by atoms with E-state index in [9.17, 15) is 4.79 Å². The number of carbonyl (C=O) groups is 1. The summed E-state index contributed by atoms with van der Waals surface area (Å²) >= 11 is 0. The number of aryl methyl sites for hydroxylation is 1. The Morgan fingerprint density at radius 3 is 2.43 bits per heavy atom. The highest BCUT2D eigenvalue weighted by Gasteiger charge is 2.50. The van der Waals surface area contributed by atoms with E-state index in [0.717, 1.165) is 12.8 Å². The summed E-state index contributed by atoms with van der Waals surface area (Å²) in [6.45, 7) is 8.69. The first kappa shape index (κ1) is 14.6. The molecule has 1 saturated carbocycles. The fourth-order valence-electron chi connectivity index (χ4n) is 3.34. The van der Waals surface area contributed by atoms with Crippen molar-refractivity contribution < 1.29 is 4.79 Å². The van der Waals surface area contributed by atoms with Gasteiger partial charge < -0.3 is 4.90 Å². The topological polar surface area (TPSA) is 32.3 Å². The monoisotopic (exact) mass is 286 g/mol. The van der Waals surface area contributed by atoms with Gasteiger partial charge in [-0.1, -0.05) is 50.6 Å². The summed E-state index contributed by atoms with van der Waals surface area (Å²) in [5.41, 5.74) is 2.47. The second kappa shape index (κ2) is 5.45. The first-order valence-corrected chi connectivity index (χ1v) is 8.12. The van der Waals surface area contributed by atoms with E-state index in [-0.39, 0.29) is 12.2 Å². The summed E-state index contributed by atoms with van der Waals surface area (Å²) in [4.78, 5) is 14.9. The molecule has 2 aliphatic rings. The number of carbonyl (C=O) groups excluding carboxylic acids is 1. The zero-order valence-electron chi connectivity index (χ0n) is 13.5. The van der Waals surface area contributed by atoms with Gasteiger partial charge in [-0.3, -0.25) is 10.1 Å². The van der Waals surface area contributed by atoms with Gasteiger partial charge in [-0.05, 0) is 37.2 Å². The molecule has 4 unspecified atom stereocenters. The maximum atomic E-state index is 12.8. The normalized spacial score (nSPS) is 32.0. The zero-order valence-corrected chi connectivity index (χ0v) is 13.5. The number of hydrogen-bond donors (Lipinski definition) is 1. The first-order valence-electron chi connectivity index (χ1n) is 8.12. The van der Waals surface area contributed by atoms with Crippen LogP contribution < -0.4 is 5.32 Å². The smallest absolute Gasteiger partial charge is 0.241 e. The van der Waals surface area contributed by atoms with Gasteiger partial charge in [0.15, 0.2) is 0 Å². The van der Waals surface area contributed by atoms with Crippen LogP contribution in [0, 0.1) is 18.8 Å². The van der Waals surface area contributed by atoms with Crippen LogP contribution in [0.5, 0.6) is 0 Å². The zero-order chi connectivity index (χ0) is 15.1. The fraction of sp³-hybridized carbons (Fsp3) is 0.611. The third kappa shape index (κ3) is 2.84. The Balaban J connectivity index is 1.86. The van der Waals surface area contributed by atoms with Crippen LogP contribution in [-0.2, 0) is 4.79 Å². The summed E-state index contributed by atoms with van der Waals surface area (Å²) in [6, 6.07) is 8.96. The molecule has 0 aromatic heterocycles. The van der Waals surface area contributed by atoms with Gasteiger partial charge in [-0.25, -0.2) is 0 Å². The minimum Gasteiger partial charge on any atom is -0.318 e. The van der Waals surface area contributed by atoms with Crippen LogP contribution in [0.4, 0.5) is 0 Å². The molecule has 1 aliphatic heterocycles. The lowest BCUT2D eigenvalue weighted by molar-refractivity contribution is -0.131. The van der Waals surface area contributed by atoms with Crippen molar-refractivity contribution in [2.45, 2.75) is 58.8 Å². The highest BCUT2D eigenvalue weighted by molar-refractivity contribution is 5.85. The maximum Gasteiger partial charge on any atom is 0.241 e. The molecule has 1 amide bonds. The second-order valence-electron chi connectivity index (χ2n) is 7.19. The molecule has 3 heteroatoms. The quantitative estimate of drug-likeness (QED) is 0.921. The second-order valence-corrected chi connectivity index (χ2v) is 7.19. The van der Waals surface area contributed by atoms with Crippen molar-refractivity contribution in [2.75, 3.05) is 0 Å². The third-order valence-electron chi connectivity index (χ3n) is 4.71. The Hall–Kier alpha value is -1.35. The Morgan fingerprint density at radius 1 is 1.29 bits per heavy atom. The minimum atomic E-state index is -0.0240. The van der Waals surface area contributed by atoms with E-state index in [1.807, 2.05) is 0 Å². The predicted octanol–water partition coefficient (Wildman–Crippen LogP) is 3.25. The predicted molar refractivity (Wildman–Crippen MR) is 84.7 cm³/mol. The summed E-state index contributed by atoms with van der Waals surface area (Å²) in [5.74, 6) is 1.46. The molecule has 3 nitrogen and oxygen atoms in total. The van der Waals surface area contributed by atoms with Gasteiger partial charge in [0.2, 0.25) is 5.91 Å². The number of nitrogens with zero attached hydrogens (tertiary/aromatic N) is 1. The number of rotatable bonds is 4. The number of benzene rings is 1. The van der Waals surface area contributed by atoms with Crippen molar-refractivity contribution in [1.29, 1.82) is 0 Å². The van der Waals surface area contributed by atoms with Crippen LogP contribution in [0.1, 0.15) is 50.9 Å². The minimum absolute atomic E-state index is 0.0240. The first-order chi connectivity index (χ1) is 9.97. The van der Waals surface area contributed by atoms with Crippen molar-refractivity contribution in [3.63, 3.8) is 0 Å². The molecule has 21 heavy (non-hydrogen) atoms. The summed E-state index contributed by atoms with van der Waals surface area (Å²) in [5, 5.41) is 3.58. The molecule has 4 atom stereocenters. The Labute approximate surface area is 127 Å². The van der Waals surface area contributed by atoms with E-state index >= 15 is 0 Å². The molecular weight excluding hydrogens is 260 g/mol. The van der Waals surface area contributed by atoms with Crippen molar-refractivity contribution in [2.24, 2.45) is 11.8 Å². The largest absolute Gasteiger partial charge is 0.318 e. The fourth-order valence-corrected chi connectivity index (χ4v) is 3.34. The lowest BCUT2D eigenvalue weighted by Gasteiger charge is -2.25. The molecule has 114 valence electrons. The van der Waals surface area contributed by atoms with E-state index in [2.05, 4.69) is 62.2 Å². The lowest BCUT2D eigenvalue weighted by atomic mass is 10.0. The highest BCUT2D eigenvalue weighted by atomic mass is 16.2. The summed E-state index contributed by atoms with van der Waals surface area (Å²) in [6.07, 6.45) is 2.11. The molecule has 0 spiro atoms. The van der Waals surface area contributed by atoms with Crippen molar-refractivity contribution in [1.82, 2.24) is 10.2 Å². The summed E-state index contributed by atoms with van der Waals surface area (Å²) in [7, 11) is 0. The number of amides is 1. The molecule has 1 heterocycles. The van der Waals surface area contributed by atoms with E-state index in [4.69, 9.17) is 0 Å². The van der Waals surface area contributed by atoms with Gasteiger partial charge in [0.25, 0.3) is 0 Å². The van der Waals surface area contributed by atoms with Gasteiger partial charge in [-0.2, -0.15) is 0 Å². The van der Waals surface area contributed by atoms with Gasteiger partial charge in [-0.15, -0.1) is 0 Å². The van der Waals surface area contributed by atoms with E-state index in [1.165, 1.54) is 11.1 Å². The van der Waals surface area contributed by atoms with Gasteiger partial charge in [0.1, 0.15) is 6.17 Å². The molecule has 1 aromatic carbocycles. The van der Waals surface area contributed by atoms with Crippen LogP contribution in [-0.4, -0.2) is 22.9 Å². The molecule has 0 bridgehead atoms. The number of nitrogens with one attached hydrogen (secondary N) is 1. The molecule has 1 saturated heterocycles. The molecular formula is C18H26N2O. The number of hydrogen-bond acceptors (Lipinski definition) is 2. The Kier molecular flexibility index (Phi) is 3.78. The van der Waals surface area contributed by atoms with Gasteiger partial charge in [0.05, 0.1) is 6.04 Å².